The molecule has 0 atom stereocenters. The SMILES string of the molecule is O=C(Cc1cccs1)N=C1SSC2=NCCN21. The highest BCUT2D eigenvalue weighted by molar-refractivity contribution is 8.88. The second kappa shape index (κ2) is 4.83. The lowest BCUT2D eigenvalue weighted by atomic mass is 10.3. The minimum Gasteiger partial charge on any atom is -0.297 e. The third-order valence-corrected chi connectivity index (χ3v) is 5.41. The predicted octanol–water partition coefficient (Wildman–Crippen LogP) is 2.24. The molecule has 0 spiro atoms. The van der Waals surface area contributed by atoms with Gasteiger partial charge < -0.3 is 0 Å². The second-order valence-corrected chi connectivity index (χ2v) is 6.62. The van der Waals surface area contributed by atoms with Gasteiger partial charge in [-0.1, -0.05) is 6.07 Å². The number of hydrogen-bond acceptors (Lipinski definition) is 5. The van der Waals surface area contributed by atoms with Crippen LogP contribution >= 0.6 is 32.9 Å². The van der Waals surface area contributed by atoms with Crippen molar-refractivity contribution in [2.45, 2.75) is 6.42 Å². The van der Waals surface area contributed by atoms with Crippen LogP contribution in [0.3, 0.4) is 0 Å². The molecule has 1 aromatic rings. The van der Waals surface area contributed by atoms with Gasteiger partial charge in [-0.05, 0) is 33.0 Å². The molecule has 0 radical (unpaired) electrons. The Morgan fingerprint density at radius 2 is 2.47 bits per heavy atom. The monoisotopic (exact) mass is 283 g/mol. The normalized spacial score (nSPS) is 20.8. The standard InChI is InChI=1S/C10H9N3OS3/c14-8(6-7-2-1-5-15-7)12-10-13-4-3-11-9(13)16-17-10/h1-2,5H,3-4,6H2. The zero-order valence-corrected chi connectivity index (χ0v) is 11.3. The lowest BCUT2D eigenvalue weighted by Gasteiger charge is -2.09. The number of hydrogen-bond donors (Lipinski definition) is 0. The van der Waals surface area contributed by atoms with Gasteiger partial charge in [0.25, 0.3) is 5.91 Å². The first-order chi connectivity index (χ1) is 8.33. The number of amidine groups is 2. The summed E-state index contributed by atoms with van der Waals surface area (Å²) in [4.78, 5) is 23.4. The number of amides is 1. The molecule has 4 nitrogen and oxygen atoms in total. The largest absolute Gasteiger partial charge is 0.297 e. The first kappa shape index (κ1) is 11.3. The number of carbonyl (C=O) groups is 1. The molecule has 0 N–H and O–H groups in total. The van der Waals surface area contributed by atoms with Crippen LogP contribution < -0.4 is 0 Å². The third kappa shape index (κ3) is 2.41. The van der Waals surface area contributed by atoms with Crippen molar-refractivity contribution in [1.29, 1.82) is 0 Å². The Balaban J connectivity index is 1.70. The molecule has 1 saturated heterocycles. The van der Waals surface area contributed by atoms with Crippen LogP contribution in [0.2, 0.25) is 0 Å². The van der Waals surface area contributed by atoms with Gasteiger partial charge in [-0.15, -0.1) is 11.3 Å². The number of thiophene rings is 1. The first-order valence-electron chi connectivity index (χ1n) is 5.13. The summed E-state index contributed by atoms with van der Waals surface area (Å²) in [7, 11) is 3.10. The summed E-state index contributed by atoms with van der Waals surface area (Å²) >= 11 is 1.59. The van der Waals surface area contributed by atoms with Gasteiger partial charge in [-0.3, -0.25) is 14.7 Å². The molecule has 3 rings (SSSR count). The van der Waals surface area contributed by atoms with Crippen LogP contribution in [0, 0.1) is 0 Å². The topological polar surface area (TPSA) is 45.0 Å². The zero-order chi connectivity index (χ0) is 11.7. The van der Waals surface area contributed by atoms with E-state index in [1.807, 2.05) is 22.4 Å². The van der Waals surface area contributed by atoms with E-state index >= 15 is 0 Å². The van der Waals surface area contributed by atoms with E-state index in [0.29, 0.717) is 6.42 Å². The van der Waals surface area contributed by atoms with Gasteiger partial charge in [0, 0.05) is 11.4 Å². The summed E-state index contributed by atoms with van der Waals surface area (Å²) in [5, 5.41) is 3.74. The molecule has 0 bridgehead atoms. The van der Waals surface area contributed by atoms with Crippen LogP contribution in [-0.4, -0.2) is 34.2 Å². The molecule has 0 unspecified atom stereocenters. The Bertz CT molecular complexity index is 495. The average Bonchev–Trinajstić information content (AvgIpc) is 2.97. The summed E-state index contributed by atoms with van der Waals surface area (Å²) < 4.78 is 0. The van der Waals surface area contributed by atoms with Gasteiger partial charge in [-0.25, -0.2) is 0 Å². The van der Waals surface area contributed by atoms with Crippen molar-refractivity contribution in [3.8, 4) is 0 Å². The predicted molar refractivity (Wildman–Crippen MR) is 74.7 cm³/mol. The highest BCUT2D eigenvalue weighted by Gasteiger charge is 2.31. The quantitative estimate of drug-likeness (QED) is 0.781. The molecule has 1 aromatic heterocycles. The Labute approximate surface area is 111 Å². The number of nitrogens with zero attached hydrogens (tertiary/aromatic N) is 3. The maximum atomic E-state index is 11.8. The maximum absolute atomic E-state index is 11.8. The van der Waals surface area contributed by atoms with E-state index in [4.69, 9.17) is 0 Å². The molecule has 3 heterocycles. The van der Waals surface area contributed by atoms with Crippen molar-refractivity contribution in [2.24, 2.45) is 9.98 Å². The fraction of sp³-hybridized carbons (Fsp3) is 0.300. The molecule has 0 aromatic carbocycles. The lowest BCUT2D eigenvalue weighted by molar-refractivity contribution is -0.117. The molecular formula is C10H9N3OS3. The Kier molecular flexibility index (Phi) is 3.21. The summed E-state index contributed by atoms with van der Waals surface area (Å²) in [6.45, 7) is 1.65. The summed E-state index contributed by atoms with van der Waals surface area (Å²) in [6, 6.07) is 3.91. The van der Waals surface area contributed by atoms with Gasteiger partial charge in [0.2, 0.25) is 0 Å². The maximum Gasteiger partial charge on any atom is 0.253 e. The van der Waals surface area contributed by atoms with E-state index in [1.54, 1.807) is 22.1 Å². The minimum absolute atomic E-state index is 0.0799. The highest BCUT2D eigenvalue weighted by atomic mass is 33.1. The third-order valence-electron chi connectivity index (χ3n) is 2.35. The Morgan fingerprint density at radius 3 is 3.29 bits per heavy atom. The van der Waals surface area contributed by atoms with Crippen molar-refractivity contribution in [2.75, 3.05) is 13.1 Å². The highest BCUT2D eigenvalue weighted by Crippen LogP contribution is 2.38. The van der Waals surface area contributed by atoms with E-state index in [2.05, 4.69) is 9.98 Å². The van der Waals surface area contributed by atoms with Gasteiger partial charge in [0.1, 0.15) is 0 Å². The van der Waals surface area contributed by atoms with Gasteiger partial charge >= 0.3 is 0 Å². The van der Waals surface area contributed by atoms with Crippen LogP contribution in [0.4, 0.5) is 0 Å². The van der Waals surface area contributed by atoms with E-state index in [-0.39, 0.29) is 5.91 Å². The van der Waals surface area contributed by atoms with E-state index in [0.717, 1.165) is 28.3 Å². The summed E-state index contributed by atoms with van der Waals surface area (Å²) in [5.41, 5.74) is 0. The van der Waals surface area contributed by atoms with Crippen molar-refractivity contribution in [3.05, 3.63) is 22.4 Å². The molecule has 17 heavy (non-hydrogen) atoms. The fourth-order valence-corrected chi connectivity index (χ4v) is 4.56. The van der Waals surface area contributed by atoms with E-state index in [9.17, 15) is 4.79 Å². The Morgan fingerprint density at radius 1 is 1.53 bits per heavy atom. The Hall–Kier alpha value is -0.790. The van der Waals surface area contributed by atoms with Crippen LogP contribution in [0.5, 0.6) is 0 Å². The lowest BCUT2D eigenvalue weighted by Crippen LogP contribution is -2.26. The molecule has 0 saturated carbocycles. The van der Waals surface area contributed by atoms with E-state index in [1.165, 1.54) is 10.8 Å². The molecule has 2 aliphatic rings. The van der Waals surface area contributed by atoms with Crippen LogP contribution in [0.25, 0.3) is 0 Å². The summed E-state index contributed by atoms with van der Waals surface area (Å²) in [5.74, 6) is -0.0799. The number of rotatable bonds is 2. The van der Waals surface area contributed by atoms with Crippen LogP contribution in [0.15, 0.2) is 27.5 Å². The van der Waals surface area contributed by atoms with Crippen LogP contribution in [0.1, 0.15) is 4.88 Å². The molecule has 1 amide bonds. The van der Waals surface area contributed by atoms with E-state index < -0.39 is 0 Å². The van der Waals surface area contributed by atoms with Crippen molar-refractivity contribution < 1.29 is 4.79 Å². The first-order valence-corrected chi connectivity index (χ1v) is 8.16. The zero-order valence-electron chi connectivity index (χ0n) is 8.83. The molecule has 7 heteroatoms. The van der Waals surface area contributed by atoms with Crippen LogP contribution in [-0.2, 0) is 11.2 Å². The molecule has 88 valence electrons. The average molecular weight is 283 g/mol. The fourth-order valence-electron chi connectivity index (χ4n) is 1.58. The smallest absolute Gasteiger partial charge is 0.253 e. The van der Waals surface area contributed by atoms with Crippen molar-refractivity contribution in [3.63, 3.8) is 0 Å². The number of carbonyl (C=O) groups excluding carboxylic acids is 1. The van der Waals surface area contributed by atoms with Gasteiger partial charge in [-0.2, -0.15) is 4.99 Å². The second-order valence-electron chi connectivity index (χ2n) is 3.53. The van der Waals surface area contributed by atoms with Crippen molar-refractivity contribution >= 4 is 49.2 Å². The number of fused-ring (bicyclic) bond motifs is 1. The minimum atomic E-state index is -0.0799. The van der Waals surface area contributed by atoms with Crippen molar-refractivity contribution in [1.82, 2.24) is 4.90 Å². The summed E-state index contributed by atoms with van der Waals surface area (Å²) in [6.07, 6.45) is 0.396. The van der Waals surface area contributed by atoms with Gasteiger partial charge in [0.05, 0.1) is 13.0 Å². The number of aliphatic imine (C=N–C) groups is 2. The van der Waals surface area contributed by atoms with Gasteiger partial charge in [0.15, 0.2) is 10.3 Å². The molecule has 1 fully saturated rings. The molecule has 2 aliphatic heterocycles. The molecular weight excluding hydrogens is 274 g/mol. The molecule has 0 aliphatic carbocycles.